The van der Waals surface area contributed by atoms with E-state index in [1.807, 2.05) is 17.0 Å². The lowest BCUT2D eigenvalue weighted by atomic mass is 9.90. The normalized spacial score (nSPS) is 14.7. The van der Waals surface area contributed by atoms with Crippen molar-refractivity contribution in [1.29, 1.82) is 0 Å². The zero-order valence-electron chi connectivity index (χ0n) is 16.4. The Kier molecular flexibility index (Phi) is 6.23. The Morgan fingerprint density at radius 1 is 1.21 bits per heavy atom. The van der Waals surface area contributed by atoms with Crippen LogP contribution in [0.5, 0.6) is 0 Å². The van der Waals surface area contributed by atoms with Gasteiger partial charge in [-0.3, -0.25) is 14.4 Å². The van der Waals surface area contributed by atoms with E-state index in [9.17, 15) is 14.4 Å². The smallest absolute Gasteiger partial charge is 0.255 e. The van der Waals surface area contributed by atoms with E-state index in [-0.39, 0.29) is 17.4 Å². The van der Waals surface area contributed by atoms with Gasteiger partial charge >= 0.3 is 0 Å². The van der Waals surface area contributed by atoms with Crippen molar-refractivity contribution in [3.8, 4) is 0 Å². The first-order valence-corrected chi connectivity index (χ1v) is 9.61. The number of pyridine rings is 2. The number of amides is 2. The van der Waals surface area contributed by atoms with E-state index >= 15 is 0 Å². The summed E-state index contributed by atoms with van der Waals surface area (Å²) in [4.78, 5) is 41.3. The highest BCUT2D eigenvalue weighted by Crippen LogP contribution is 2.24. The molecule has 1 aliphatic rings. The molecule has 1 aliphatic heterocycles. The van der Waals surface area contributed by atoms with Crippen molar-refractivity contribution in [2.75, 3.05) is 18.4 Å². The fourth-order valence-corrected chi connectivity index (χ4v) is 3.58. The largest absolute Gasteiger partial charge is 0.339 e. The molecule has 0 bridgehead atoms. The number of likely N-dealkylation sites (tertiary alicyclic amines) is 1. The lowest BCUT2D eigenvalue weighted by molar-refractivity contribution is -0.114. The first-order chi connectivity index (χ1) is 13.4. The van der Waals surface area contributed by atoms with E-state index < -0.39 is 0 Å². The molecule has 148 valence electrons. The number of aromatic nitrogens is 2. The lowest BCUT2D eigenvalue weighted by Crippen LogP contribution is -2.39. The van der Waals surface area contributed by atoms with Crippen molar-refractivity contribution in [3.63, 3.8) is 0 Å². The van der Waals surface area contributed by atoms with Crippen molar-refractivity contribution in [2.24, 2.45) is 13.0 Å². The molecule has 2 amide bonds. The SMILES string of the molecule is CC(=O)Nc1cc(CCC2CCN(C(=O)c3ccc(=O)n(C)c3)CC2)ccn1. The highest BCUT2D eigenvalue weighted by atomic mass is 16.2. The van der Waals surface area contributed by atoms with Gasteiger partial charge in [-0.25, -0.2) is 4.98 Å². The van der Waals surface area contributed by atoms with Crippen LogP contribution in [-0.2, 0) is 18.3 Å². The van der Waals surface area contributed by atoms with Gasteiger partial charge in [0.2, 0.25) is 11.5 Å². The summed E-state index contributed by atoms with van der Waals surface area (Å²) in [5, 5.41) is 2.71. The van der Waals surface area contributed by atoms with Gasteiger partial charge in [-0.15, -0.1) is 0 Å². The van der Waals surface area contributed by atoms with Gasteiger partial charge in [-0.2, -0.15) is 0 Å². The maximum absolute atomic E-state index is 12.6. The number of aryl methyl sites for hydroxylation is 2. The zero-order valence-corrected chi connectivity index (χ0v) is 16.4. The topological polar surface area (TPSA) is 84.3 Å². The fourth-order valence-electron chi connectivity index (χ4n) is 3.58. The Bertz CT molecular complexity index is 914. The molecule has 0 atom stereocenters. The van der Waals surface area contributed by atoms with Crippen LogP contribution in [0.15, 0.2) is 41.5 Å². The number of nitrogens with zero attached hydrogens (tertiary/aromatic N) is 3. The van der Waals surface area contributed by atoms with E-state index in [0.29, 0.717) is 17.3 Å². The Labute approximate surface area is 164 Å². The Balaban J connectivity index is 1.50. The maximum Gasteiger partial charge on any atom is 0.255 e. The summed E-state index contributed by atoms with van der Waals surface area (Å²) in [6, 6.07) is 6.93. The summed E-state index contributed by atoms with van der Waals surface area (Å²) in [5.41, 5.74) is 1.60. The number of carbonyl (C=O) groups is 2. The third kappa shape index (κ3) is 5.06. The minimum atomic E-state index is -0.125. The van der Waals surface area contributed by atoms with Crippen molar-refractivity contribution >= 4 is 17.6 Å². The quantitative estimate of drug-likeness (QED) is 0.859. The minimum Gasteiger partial charge on any atom is -0.339 e. The minimum absolute atomic E-state index is 0.0110. The van der Waals surface area contributed by atoms with Crippen molar-refractivity contribution in [1.82, 2.24) is 14.5 Å². The lowest BCUT2D eigenvalue weighted by Gasteiger charge is -2.32. The molecule has 0 saturated carbocycles. The average Bonchev–Trinajstić information content (AvgIpc) is 2.68. The second kappa shape index (κ2) is 8.82. The summed E-state index contributed by atoms with van der Waals surface area (Å²) >= 11 is 0. The number of nitrogens with one attached hydrogen (secondary N) is 1. The second-order valence-corrected chi connectivity index (χ2v) is 7.37. The summed E-state index contributed by atoms with van der Waals surface area (Å²) < 4.78 is 1.43. The molecule has 3 heterocycles. The standard InChI is InChI=1S/C21H26N4O3/c1-15(26)23-19-13-17(7-10-22-19)4-3-16-8-11-25(12-9-16)21(28)18-5-6-20(27)24(2)14-18/h5-7,10,13-14,16H,3-4,8-9,11-12H2,1-2H3,(H,22,23,26). The van der Waals surface area contributed by atoms with Crippen LogP contribution in [0.1, 0.15) is 42.1 Å². The van der Waals surface area contributed by atoms with Crippen LogP contribution >= 0.6 is 0 Å². The van der Waals surface area contributed by atoms with Crippen LogP contribution in [0.4, 0.5) is 5.82 Å². The van der Waals surface area contributed by atoms with Gasteiger partial charge in [-0.05, 0) is 55.4 Å². The Morgan fingerprint density at radius 3 is 2.64 bits per heavy atom. The third-order valence-corrected chi connectivity index (χ3v) is 5.20. The number of anilines is 1. The molecule has 0 aliphatic carbocycles. The number of hydrogen-bond donors (Lipinski definition) is 1. The van der Waals surface area contributed by atoms with Gasteiger partial charge < -0.3 is 14.8 Å². The molecule has 0 unspecified atom stereocenters. The van der Waals surface area contributed by atoms with Crippen LogP contribution in [0.2, 0.25) is 0 Å². The highest BCUT2D eigenvalue weighted by Gasteiger charge is 2.23. The van der Waals surface area contributed by atoms with Crippen molar-refractivity contribution in [2.45, 2.75) is 32.6 Å². The predicted molar refractivity (Wildman–Crippen MR) is 107 cm³/mol. The van der Waals surface area contributed by atoms with Crippen molar-refractivity contribution < 1.29 is 9.59 Å². The van der Waals surface area contributed by atoms with E-state index in [1.54, 1.807) is 25.5 Å². The van der Waals surface area contributed by atoms with E-state index in [1.165, 1.54) is 17.6 Å². The fraction of sp³-hybridized carbons (Fsp3) is 0.429. The maximum atomic E-state index is 12.6. The molecule has 0 spiro atoms. The van der Waals surface area contributed by atoms with Crippen LogP contribution < -0.4 is 10.9 Å². The highest BCUT2D eigenvalue weighted by molar-refractivity contribution is 5.94. The van der Waals surface area contributed by atoms with Gasteiger partial charge in [0.05, 0.1) is 5.56 Å². The first-order valence-electron chi connectivity index (χ1n) is 9.61. The van der Waals surface area contributed by atoms with E-state index in [0.717, 1.165) is 44.3 Å². The molecule has 3 rings (SSSR count). The molecule has 1 fully saturated rings. The summed E-state index contributed by atoms with van der Waals surface area (Å²) in [6.07, 6.45) is 7.24. The van der Waals surface area contributed by atoms with E-state index in [2.05, 4.69) is 10.3 Å². The predicted octanol–water partition coefficient (Wildman–Crippen LogP) is 2.22. The Hall–Kier alpha value is -2.96. The van der Waals surface area contributed by atoms with Crippen molar-refractivity contribution in [3.05, 3.63) is 58.1 Å². The molecule has 0 aromatic carbocycles. The molecule has 0 radical (unpaired) electrons. The molecule has 7 nitrogen and oxygen atoms in total. The molecule has 1 saturated heterocycles. The summed E-state index contributed by atoms with van der Waals surface area (Å²) in [7, 11) is 1.65. The van der Waals surface area contributed by atoms with Gasteiger partial charge in [0.15, 0.2) is 0 Å². The van der Waals surface area contributed by atoms with Gasteiger partial charge in [0, 0.05) is 45.5 Å². The van der Waals surface area contributed by atoms with E-state index in [4.69, 9.17) is 0 Å². The molecule has 1 N–H and O–H groups in total. The molecule has 2 aromatic rings. The van der Waals surface area contributed by atoms with Gasteiger partial charge in [0.25, 0.3) is 5.91 Å². The Morgan fingerprint density at radius 2 is 1.96 bits per heavy atom. The molecule has 7 heteroatoms. The van der Waals surface area contributed by atoms with Crippen LogP contribution in [0.25, 0.3) is 0 Å². The van der Waals surface area contributed by atoms with Crippen LogP contribution in [0, 0.1) is 5.92 Å². The zero-order chi connectivity index (χ0) is 20.1. The average molecular weight is 382 g/mol. The number of hydrogen-bond acceptors (Lipinski definition) is 4. The number of rotatable bonds is 5. The first kappa shape index (κ1) is 19.8. The van der Waals surface area contributed by atoms with Crippen LogP contribution in [-0.4, -0.2) is 39.4 Å². The van der Waals surface area contributed by atoms with Gasteiger partial charge in [-0.1, -0.05) is 0 Å². The molecular formula is C21H26N4O3. The number of piperidine rings is 1. The summed E-state index contributed by atoms with van der Waals surface area (Å²) in [5.74, 6) is 1.02. The molecular weight excluding hydrogens is 356 g/mol. The van der Waals surface area contributed by atoms with Gasteiger partial charge in [0.1, 0.15) is 5.82 Å². The summed E-state index contributed by atoms with van der Waals surface area (Å²) in [6.45, 7) is 2.94. The second-order valence-electron chi connectivity index (χ2n) is 7.37. The molecule has 2 aromatic heterocycles. The number of carbonyl (C=O) groups excluding carboxylic acids is 2. The monoisotopic (exact) mass is 382 g/mol. The van der Waals surface area contributed by atoms with Crippen LogP contribution in [0.3, 0.4) is 0 Å². The third-order valence-electron chi connectivity index (χ3n) is 5.20. The molecule has 28 heavy (non-hydrogen) atoms.